The molecule has 3 aromatic rings. The Hall–Kier alpha value is -3.22. The maximum absolute atomic E-state index is 12.3. The maximum Gasteiger partial charge on any atom is 0.338 e. The van der Waals surface area contributed by atoms with Crippen molar-refractivity contribution in [2.24, 2.45) is 0 Å². The Bertz CT molecular complexity index is 905. The molecule has 0 aliphatic carbocycles. The molecule has 0 fully saturated rings. The van der Waals surface area contributed by atoms with Gasteiger partial charge in [0.1, 0.15) is 5.75 Å². The van der Waals surface area contributed by atoms with Crippen LogP contribution in [0.2, 0.25) is 0 Å². The molecule has 0 spiro atoms. The van der Waals surface area contributed by atoms with Gasteiger partial charge < -0.3 is 10.1 Å². The zero-order chi connectivity index (χ0) is 16.5. The number of carbonyl (C=O) groups is 1. The van der Waals surface area contributed by atoms with Crippen LogP contribution in [0.25, 0.3) is 10.9 Å². The number of benzene rings is 2. The SMILES string of the molecule is COc1ccc2c(c1)CCN2NC(=O)Nc1cccc2[nH]ncc12. The van der Waals surface area contributed by atoms with Crippen LogP contribution >= 0.6 is 0 Å². The van der Waals surface area contributed by atoms with Gasteiger partial charge in [-0.3, -0.25) is 10.1 Å². The number of hydrogen-bond donors (Lipinski definition) is 3. The van der Waals surface area contributed by atoms with Gasteiger partial charge in [-0.25, -0.2) is 10.2 Å². The van der Waals surface area contributed by atoms with Crippen LogP contribution in [0.4, 0.5) is 16.2 Å². The molecule has 2 heterocycles. The Balaban J connectivity index is 1.49. The minimum Gasteiger partial charge on any atom is -0.497 e. The third kappa shape index (κ3) is 2.50. The van der Waals surface area contributed by atoms with Crippen LogP contribution in [-0.2, 0) is 6.42 Å². The average Bonchev–Trinajstić information content (AvgIpc) is 3.22. The van der Waals surface area contributed by atoms with E-state index in [1.165, 1.54) is 0 Å². The maximum atomic E-state index is 12.3. The highest BCUT2D eigenvalue weighted by molar-refractivity contribution is 6.00. The van der Waals surface area contributed by atoms with E-state index in [0.29, 0.717) is 5.69 Å². The monoisotopic (exact) mass is 323 g/mol. The lowest BCUT2D eigenvalue weighted by Gasteiger charge is -2.21. The number of fused-ring (bicyclic) bond motifs is 2. The summed E-state index contributed by atoms with van der Waals surface area (Å²) in [6.07, 6.45) is 2.56. The molecule has 2 aromatic carbocycles. The van der Waals surface area contributed by atoms with Crippen LogP contribution in [0.3, 0.4) is 0 Å². The molecule has 7 nitrogen and oxygen atoms in total. The molecule has 0 unspecified atom stereocenters. The molecule has 1 aliphatic heterocycles. The van der Waals surface area contributed by atoms with Crippen molar-refractivity contribution in [3.05, 3.63) is 48.2 Å². The molecular formula is C17H17N5O2. The second-order valence-corrected chi connectivity index (χ2v) is 5.60. The number of aromatic nitrogens is 2. The second-order valence-electron chi connectivity index (χ2n) is 5.60. The molecule has 0 bridgehead atoms. The van der Waals surface area contributed by atoms with Crippen molar-refractivity contribution in [1.82, 2.24) is 15.6 Å². The zero-order valence-electron chi connectivity index (χ0n) is 13.2. The molecule has 0 radical (unpaired) electrons. The van der Waals surface area contributed by atoms with E-state index >= 15 is 0 Å². The molecule has 0 saturated carbocycles. The van der Waals surface area contributed by atoms with Crippen LogP contribution in [0.15, 0.2) is 42.6 Å². The highest BCUT2D eigenvalue weighted by atomic mass is 16.5. The van der Waals surface area contributed by atoms with Crippen molar-refractivity contribution >= 4 is 28.3 Å². The number of methoxy groups -OCH3 is 1. The summed E-state index contributed by atoms with van der Waals surface area (Å²) in [4.78, 5) is 12.3. The summed E-state index contributed by atoms with van der Waals surface area (Å²) in [5.74, 6) is 0.826. The molecule has 4 rings (SSSR count). The lowest BCUT2D eigenvalue weighted by molar-refractivity contribution is 0.251. The first-order valence-electron chi connectivity index (χ1n) is 7.69. The number of nitrogens with zero attached hydrogens (tertiary/aromatic N) is 2. The van der Waals surface area contributed by atoms with Gasteiger partial charge in [0.15, 0.2) is 0 Å². The number of nitrogens with one attached hydrogen (secondary N) is 3. The molecule has 2 amide bonds. The lowest BCUT2D eigenvalue weighted by Crippen LogP contribution is -2.43. The van der Waals surface area contributed by atoms with Crippen molar-refractivity contribution in [3.8, 4) is 5.75 Å². The normalized spacial score (nSPS) is 13.0. The van der Waals surface area contributed by atoms with Crippen molar-refractivity contribution in [2.45, 2.75) is 6.42 Å². The van der Waals surface area contributed by atoms with E-state index < -0.39 is 0 Å². The van der Waals surface area contributed by atoms with E-state index in [0.717, 1.165) is 40.9 Å². The number of urea groups is 1. The van der Waals surface area contributed by atoms with Gasteiger partial charge in [-0.15, -0.1) is 0 Å². The average molecular weight is 323 g/mol. The summed E-state index contributed by atoms with van der Waals surface area (Å²) in [7, 11) is 1.65. The molecule has 1 aliphatic rings. The number of aromatic amines is 1. The van der Waals surface area contributed by atoms with Gasteiger partial charge >= 0.3 is 6.03 Å². The van der Waals surface area contributed by atoms with E-state index in [1.54, 1.807) is 13.3 Å². The Morgan fingerprint density at radius 1 is 1.33 bits per heavy atom. The smallest absolute Gasteiger partial charge is 0.338 e. The summed E-state index contributed by atoms with van der Waals surface area (Å²) in [5, 5.41) is 12.5. The van der Waals surface area contributed by atoms with Gasteiger partial charge in [-0.05, 0) is 42.3 Å². The number of ether oxygens (including phenoxy) is 1. The number of hydrazine groups is 1. The first-order valence-corrected chi connectivity index (χ1v) is 7.69. The summed E-state index contributed by atoms with van der Waals surface area (Å²) < 4.78 is 5.24. The summed E-state index contributed by atoms with van der Waals surface area (Å²) in [6.45, 7) is 0.728. The van der Waals surface area contributed by atoms with E-state index in [2.05, 4.69) is 20.9 Å². The fourth-order valence-electron chi connectivity index (χ4n) is 2.97. The van der Waals surface area contributed by atoms with E-state index in [1.807, 2.05) is 41.4 Å². The molecule has 3 N–H and O–H groups in total. The Morgan fingerprint density at radius 3 is 3.12 bits per heavy atom. The summed E-state index contributed by atoms with van der Waals surface area (Å²) >= 11 is 0. The van der Waals surface area contributed by atoms with Crippen LogP contribution in [0, 0.1) is 0 Å². The fourth-order valence-corrected chi connectivity index (χ4v) is 2.97. The van der Waals surface area contributed by atoms with Crippen molar-refractivity contribution in [1.29, 1.82) is 0 Å². The highest BCUT2D eigenvalue weighted by Crippen LogP contribution is 2.30. The van der Waals surface area contributed by atoms with E-state index in [9.17, 15) is 4.79 Å². The molecule has 122 valence electrons. The largest absolute Gasteiger partial charge is 0.497 e. The molecule has 1 aromatic heterocycles. The van der Waals surface area contributed by atoms with Crippen molar-refractivity contribution in [2.75, 3.05) is 24.0 Å². The molecule has 0 saturated heterocycles. The zero-order valence-corrected chi connectivity index (χ0v) is 13.2. The summed E-state index contributed by atoms with van der Waals surface area (Å²) in [6, 6.07) is 11.2. The van der Waals surface area contributed by atoms with Gasteiger partial charge in [0.25, 0.3) is 0 Å². The second kappa shape index (κ2) is 5.77. The van der Waals surface area contributed by atoms with Crippen LogP contribution < -0.4 is 20.5 Å². The lowest BCUT2D eigenvalue weighted by atomic mass is 10.1. The standard InChI is InChI=1S/C17H17N5O2/c1-24-12-5-6-16-11(9-12)7-8-22(16)21-17(23)19-14-3-2-4-15-13(14)10-18-20-15/h2-6,9-10H,7-8H2,1H3,(H,18,20)(H2,19,21,23). The van der Waals surface area contributed by atoms with Crippen LogP contribution in [0.5, 0.6) is 5.75 Å². The first-order chi connectivity index (χ1) is 11.7. The first kappa shape index (κ1) is 14.4. The summed E-state index contributed by atoms with van der Waals surface area (Å²) in [5.41, 5.74) is 6.64. The van der Waals surface area contributed by atoms with Gasteiger partial charge in [0, 0.05) is 11.9 Å². The van der Waals surface area contributed by atoms with E-state index in [4.69, 9.17) is 4.74 Å². The predicted octanol–water partition coefficient (Wildman–Crippen LogP) is 2.67. The molecule has 24 heavy (non-hydrogen) atoms. The van der Waals surface area contributed by atoms with E-state index in [-0.39, 0.29) is 6.03 Å². The Labute approximate surface area is 138 Å². The van der Waals surface area contributed by atoms with Crippen LogP contribution in [-0.4, -0.2) is 29.9 Å². The fraction of sp³-hybridized carbons (Fsp3) is 0.176. The number of amides is 2. The number of rotatable bonds is 3. The molecular weight excluding hydrogens is 306 g/mol. The number of hydrogen-bond acceptors (Lipinski definition) is 4. The van der Waals surface area contributed by atoms with Crippen molar-refractivity contribution in [3.63, 3.8) is 0 Å². The molecule has 0 atom stereocenters. The third-order valence-corrected chi connectivity index (χ3v) is 4.15. The number of carbonyl (C=O) groups excluding carboxylic acids is 1. The Morgan fingerprint density at radius 2 is 2.25 bits per heavy atom. The third-order valence-electron chi connectivity index (χ3n) is 4.15. The molecule has 7 heteroatoms. The van der Waals surface area contributed by atoms with Gasteiger partial charge in [-0.1, -0.05) is 6.07 Å². The minimum absolute atomic E-state index is 0.285. The predicted molar refractivity (Wildman–Crippen MR) is 92.3 cm³/mol. The van der Waals surface area contributed by atoms with Crippen molar-refractivity contribution < 1.29 is 9.53 Å². The number of H-pyrrole nitrogens is 1. The quantitative estimate of drug-likeness (QED) is 0.692. The Kier molecular flexibility index (Phi) is 3.45. The highest BCUT2D eigenvalue weighted by Gasteiger charge is 2.21. The minimum atomic E-state index is -0.285. The number of anilines is 2. The van der Waals surface area contributed by atoms with Gasteiger partial charge in [-0.2, -0.15) is 5.10 Å². The van der Waals surface area contributed by atoms with Gasteiger partial charge in [0.05, 0.1) is 30.2 Å². The topological polar surface area (TPSA) is 82.3 Å². The van der Waals surface area contributed by atoms with Crippen LogP contribution in [0.1, 0.15) is 5.56 Å². The van der Waals surface area contributed by atoms with Gasteiger partial charge in [0.2, 0.25) is 0 Å².